The minimum Gasteiger partial charge on any atom is -0.356 e. The quantitative estimate of drug-likeness (QED) is 0.629. The molecule has 1 heterocycles. The van der Waals surface area contributed by atoms with Gasteiger partial charge in [0.25, 0.3) is 0 Å². The maximum atomic E-state index is 13.6. The first-order valence-corrected chi connectivity index (χ1v) is 8.32. The largest absolute Gasteiger partial charge is 0.356 e. The second-order valence-corrected chi connectivity index (χ2v) is 5.87. The van der Waals surface area contributed by atoms with Crippen LogP contribution in [0.3, 0.4) is 0 Å². The number of nitrogens with one attached hydrogen (secondary N) is 2. The van der Waals surface area contributed by atoms with E-state index >= 15 is 0 Å². The molecule has 1 aromatic heterocycles. The van der Waals surface area contributed by atoms with Crippen LogP contribution in [0.5, 0.6) is 0 Å². The molecular formula is C16H20F2N4S. The second kappa shape index (κ2) is 8.57. The van der Waals surface area contributed by atoms with E-state index in [1.165, 1.54) is 6.07 Å². The Bertz CT molecular complexity index is 670. The predicted molar refractivity (Wildman–Crippen MR) is 89.8 cm³/mol. The Balaban J connectivity index is 1.80. The van der Waals surface area contributed by atoms with E-state index in [9.17, 15) is 8.78 Å². The number of aromatic nitrogens is 1. The molecule has 2 aromatic rings. The molecule has 0 fully saturated rings. The molecule has 2 N–H and O–H groups in total. The number of aliphatic imine (C=N–C) groups is 1. The van der Waals surface area contributed by atoms with Gasteiger partial charge in [-0.1, -0.05) is 6.92 Å². The van der Waals surface area contributed by atoms with Crippen molar-refractivity contribution in [2.45, 2.75) is 26.3 Å². The predicted octanol–water partition coefficient (Wildman–Crippen LogP) is 2.89. The van der Waals surface area contributed by atoms with Gasteiger partial charge in [-0.15, -0.1) is 11.3 Å². The van der Waals surface area contributed by atoms with Gasteiger partial charge in [-0.05, 0) is 24.6 Å². The van der Waals surface area contributed by atoms with E-state index in [1.54, 1.807) is 18.4 Å². The minimum absolute atomic E-state index is 0.167. The van der Waals surface area contributed by atoms with Gasteiger partial charge in [0.1, 0.15) is 11.6 Å². The van der Waals surface area contributed by atoms with Gasteiger partial charge < -0.3 is 10.6 Å². The first kappa shape index (κ1) is 17.3. The lowest BCUT2D eigenvalue weighted by Crippen LogP contribution is -2.38. The Morgan fingerprint density at radius 2 is 2.13 bits per heavy atom. The number of hydrogen-bond donors (Lipinski definition) is 2. The monoisotopic (exact) mass is 338 g/mol. The van der Waals surface area contributed by atoms with Gasteiger partial charge in [-0.3, -0.25) is 4.99 Å². The van der Waals surface area contributed by atoms with Crippen LogP contribution in [0.15, 0.2) is 28.6 Å². The average Bonchev–Trinajstić information content (AvgIpc) is 3.01. The Labute approximate surface area is 138 Å². The highest BCUT2D eigenvalue weighted by Gasteiger charge is 2.06. The number of nitrogens with zero attached hydrogens (tertiary/aromatic N) is 2. The molecule has 0 amide bonds. The van der Waals surface area contributed by atoms with E-state index in [2.05, 4.69) is 32.9 Å². The topological polar surface area (TPSA) is 49.3 Å². The summed E-state index contributed by atoms with van der Waals surface area (Å²) in [5, 5.41) is 9.29. The second-order valence-electron chi connectivity index (χ2n) is 4.92. The maximum absolute atomic E-state index is 13.6. The van der Waals surface area contributed by atoms with Crippen molar-refractivity contribution in [3.63, 3.8) is 0 Å². The van der Waals surface area contributed by atoms with E-state index in [-0.39, 0.29) is 12.1 Å². The van der Waals surface area contributed by atoms with Crippen molar-refractivity contribution in [3.05, 3.63) is 51.5 Å². The molecule has 0 aliphatic rings. The summed E-state index contributed by atoms with van der Waals surface area (Å²) < 4.78 is 26.7. The smallest absolute Gasteiger partial charge is 0.191 e. The molecule has 0 radical (unpaired) electrons. The molecule has 0 unspecified atom stereocenters. The number of rotatable bonds is 6. The van der Waals surface area contributed by atoms with Crippen LogP contribution in [0.1, 0.15) is 23.2 Å². The molecule has 0 saturated carbocycles. The summed E-state index contributed by atoms with van der Waals surface area (Å²) >= 11 is 1.66. The molecular weight excluding hydrogens is 318 g/mol. The van der Waals surface area contributed by atoms with Crippen LogP contribution in [0, 0.1) is 11.6 Å². The van der Waals surface area contributed by atoms with Crippen LogP contribution < -0.4 is 10.6 Å². The summed E-state index contributed by atoms with van der Waals surface area (Å²) in [6.07, 6.45) is 1.73. The van der Waals surface area contributed by atoms with Gasteiger partial charge in [-0.25, -0.2) is 13.8 Å². The van der Waals surface area contributed by atoms with Crippen LogP contribution in [-0.2, 0) is 19.4 Å². The first-order chi connectivity index (χ1) is 11.1. The molecule has 2 rings (SSSR count). The fourth-order valence-corrected chi connectivity index (χ4v) is 2.79. The van der Waals surface area contributed by atoms with Gasteiger partial charge in [-0.2, -0.15) is 0 Å². The zero-order valence-electron chi connectivity index (χ0n) is 13.2. The average molecular weight is 338 g/mol. The summed E-state index contributed by atoms with van der Waals surface area (Å²) in [4.78, 5) is 8.56. The van der Waals surface area contributed by atoms with E-state index in [1.807, 2.05) is 0 Å². The van der Waals surface area contributed by atoms with Crippen molar-refractivity contribution in [1.82, 2.24) is 15.6 Å². The van der Waals surface area contributed by atoms with Crippen LogP contribution >= 0.6 is 11.3 Å². The number of aryl methyl sites for hydroxylation is 1. The normalized spacial score (nSPS) is 11.6. The summed E-state index contributed by atoms with van der Waals surface area (Å²) in [6.45, 7) is 2.91. The van der Waals surface area contributed by atoms with Crippen LogP contribution in [0.2, 0.25) is 0 Å². The van der Waals surface area contributed by atoms with E-state index in [0.29, 0.717) is 12.5 Å². The Hall–Kier alpha value is -2.02. The summed E-state index contributed by atoms with van der Waals surface area (Å²) in [7, 11) is 1.63. The number of halogens is 2. The van der Waals surface area contributed by atoms with Gasteiger partial charge in [0.05, 0.1) is 10.7 Å². The molecule has 0 atom stereocenters. The highest BCUT2D eigenvalue weighted by atomic mass is 32.1. The highest BCUT2D eigenvalue weighted by Crippen LogP contribution is 2.10. The van der Waals surface area contributed by atoms with Crippen molar-refractivity contribution in [3.8, 4) is 0 Å². The lowest BCUT2D eigenvalue weighted by molar-refractivity contribution is 0.581. The number of benzene rings is 1. The van der Waals surface area contributed by atoms with Crippen LogP contribution in [0.4, 0.5) is 8.78 Å². The van der Waals surface area contributed by atoms with Crippen molar-refractivity contribution in [2.75, 3.05) is 13.6 Å². The van der Waals surface area contributed by atoms with Crippen molar-refractivity contribution >= 4 is 17.3 Å². The van der Waals surface area contributed by atoms with E-state index in [4.69, 9.17) is 0 Å². The minimum atomic E-state index is -0.457. The molecule has 4 nitrogen and oxygen atoms in total. The lowest BCUT2D eigenvalue weighted by atomic mass is 10.2. The van der Waals surface area contributed by atoms with E-state index < -0.39 is 11.6 Å². The van der Waals surface area contributed by atoms with Gasteiger partial charge in [0.2, 0.25) is 0 Å². The summed E-state index contributed by atoms with van der Waals surface area (Å²) in [5.41, 5.74) is 1.31. The zero-order valence-corrected chi connectivity index (χ0v) is 14.0. The Morgan fingerprint density at radius 3 is 2.83 bits per heavy atom. The summed E-state index contributed by atoms with van der Waals surface area (Å²) in [6, 6.07) is 3.40. The summed E-state index contributed by atoms with van der Waals surface area (Å²) in [5.74, 6) is -0.357. The van der Waals surface area contributed by atoms with Crippen molar-refractivity contribution in [1.29, 1.82) is 0 Å². The molecule has 124 valence electrons. The number of hydrogen-bond acceptors (Lipinski definition) is 3. The molecule has 1 aromatic carbocycles. The molecule has 7 heteroatoms. The molecule has 0 spiro atoms. The standard InChI is InChI=1S/C16H20F2N4S/c1-3-15-22-13(10-23-15)6-7-20-16(19-2)21-9-11-8-12(17)4-5-14(11)18/h4-5,8,10H,3,6-7,9H2,1-2H3,(H2,19,20,21). The van der Waals surface area contributed by atoms with Crippen molar-refractivity contribution < 1.29 is 8.78 Å². The van der Waals surface area contributed by atoms with Crippen LogP contribution in [-0.4, -0.2) is 24.5 Å². The third kappa shape index (κ3) is 5.28. The molecule has 0 aliphatic heterocycles. The number of thiazole rings is 1. The van der Waals surface area contributed by atoms with Gasteiger partial charge in [0, 0.05) is 37.5 Å². The molecule has 0 bridgehead atoms. The SMILES string of the molecule is CCc1nc(CCNC(=NC)NCc2cc(F)ccc2F)cs1. The van der Waals surface area contributed by atoms with Gasteiger partial charge >= 0.3 is 0 Å². The van der Waals surface area contributed by atoms with Crippen molar-refractivity contribution in [2.24, 2.45) is 4.99 Å². The van der Waals surface area contributed by atoms with E-state index in [0.717, 1.165) is 35.7 Å². The highest BCUT2D eigenvalue weighted by molar-refractivity contribution is 7.09. The first-order valence-electron chi connectivity index (χ1n) is 7.44. The Kier molecular flexibility index (Phi) is 6.46. The molecule has 23 heavy (non-hydrogen) atoms. The van der Waals surface area contributed by atoms with Gasteiger partial charge in [0.15, 0.2) is 5.96 Å². The number of guanidine groups is 1. The lowest BCUT2D eigenvalue weighted by Gasteiger charge is -2.12. The van der Waals surface area contributed by atoms with Crippen LogP contribution in [0.25, 0.3) is 0 Å². The molecule has 0 aliphatic carbocycles. The zero-order chi connectivity index (χ0) is 16.7. The fourth-order valence-electron chi connectivity index (χ4n) is 2.01. The third-order valence-electron chi connectivity index (χ3n) is 3.25. The molecule has 0 saturated heterocycles. The third-order valence-corrected chi connectivity index (χ3v) is 4.29. The maximum Gasteiger partial charge on any atom is 0.191 e. The fraction of sp³-hybridized carbons (Fsp3) is 0.375. The Morgan fingerprint density at radius 1 is 1.30 bits per heavy atom.